The highest BCUT2D eigenvalue weighted by Crippen LogP contribution is 2.30. The average Bonchev–Trinajstić information content (AvgIpc) is 2.63. The Morgan fingerprint density at radius 2 is 1.88 bits per heavy atom. The summed E-state index contributed by atoms with van der Waals surface area (Å²) >= 11 is 0. The number of likely N-dealkylation sites (tertiary alicyclic amines) is 1. The van der Waals surface area contributed by atoms with E-state index in [1.165, 1.54) is 0 Å². The van der Waals surface area contributed by atoms with Gasteiger partial charge in [0.25, 0.3) is 0 Å². The van der Waals surface area contributed by atoms with E-state index < -0.39 is 11.5 Å². The number of carbonyl (C=O) groups is 2. The number of hydrogen-bond donors (Lipinski definition) is 1. The van der Waals surface area contributed by atoms with Gasteiger partial charge in [-0.15, -0.1) is 0 Å². The first kappa shape index (κ1) is 19.6. The van der Waals surface area contributed by atoms with E-state index in [0.717, 1.165) is 31.6 Å². The van der Waals surface area contributed by atoms with E-state index in [0.29, 0.717) is 25.9 Å². The van der Waals surface area contributed by atoms with Gasteiger partial charge in [-0.05, 0) is 39.7 Å². The smallest absolute Gasteiger partial charge is 0.311 e. The van der Waals surface area contributed by atoms with Crippen molar-refractivity contribution in [1.29, 1.82) is 0 Å². The maximum atomic E-state index is 12.1. The molecule has 1 unspecified atom stereocenters. The molecule has 1 aromatic rings. The molecule has 1 N–H and O–H groups in total. The van der Waals surface area contributed by atoms with E-state index >= 15 is 0 Å². The number of nitrogens with zero attached hydrogens (tertiary/aromatic N) is 1. The fraction of sp³-hybridized carbons (Fsp3) is 0.600. The Kier molecular flexibility index (Phi) is 7.14. The summed E-state index contributed by atoms with van der Waals surface area (Å²) < 4.78 is 5.03. The fourth-order valence-corrected chi connectivity index (χ4v) is 3.32. The molecule has 25 heavy (non-hydrogen) atoms. The van der Waals surface area contributed by atoms with Crippen molar-refractivity contribution in [3.8, 4) is 0 Å². The number of carbonyl (C=O) groups excluding carboxylic acids is 2. The van der Waals surface area contributed by atoms with E-state index in [9.17, 15) is 14.7 Å². The Hall–Kier alpha value is -1.72. The van der Waals surface area contributed by atoms with E-state index in [2.05, 4.69) is 4.90 Å². The maximum Gasteiger partial charge on any atom is 0.311 e. The zero-order valence-electron chi connectivity index (χ0n) is 15.2. The Morgan fingerprint density at radius 1 is 1.24 bits per heavy atom. The first-order valence-corrected chi connectivity index (χ1v) is 9.16. The average molecular weight is 347 g/mol. The topological polar surface area (TPSA) is 66.8 Å². The molecule has 5 heteroatoms. The van der Waals surface area contributed by atoms with Crippen LogP contribution >= 0.6 is 0 Å². The minimum atomic E-state index is -0.984. The van der Waals surface area contributed by atoms with Crippen molar-refractivity contribution in [1.82, 2.24) is 4.90 Å². The first-order valence-electron chi connectivity index (χ1n) is 9.16. The molecule has 0 amide bonds. The second kappa shape index (κ2) is 9.11. The molecule has 1 saturated heterocycles. The molecule has 1 aliphatic heterocycles. The molecule has 1 atom stereocenters. The van der Waals surface area contributed by atoms with E-state index in [4.69, 9.17) is 4.74 Å². The molecule has 0 radical (unpaired) electrons. The summed E-state index contributed by atoms with van der Waals surface area (Å²) in [6.07, 6.45) is 2.45. The lowest BCUT2D eigenvalue weighted by Gasteiger charge is -2.40. The van der Waals surface area contributed by atoms with Gasteiger partial charge in [0.2, 0.25) is 0 Å². The van der Waals surface area contributed by atoms with Gasteiger partial charge in [-0.25, -0.2) is 0 Å². The van der Waals surface area contributed by atoms with Crippen LogP contribution < -0.4 is 0 Å². The molecule has 0 spiro atoms. The summed E-state index contributed by atoms with van der Waals surface area (Å²) in [5.74, 6) is -0.661. The fourth-order valence-electron chi connectivity index (χ4n) is 3.32. The number of hydrogen-bond acceptors (Lipinski definition) is 5. The van der Waals surface area contributed by atoms with Crippen LogP contribution in [0.15, 0.2) is 30.3 Å². The monoisotopic (exact) mass is 347 g/mol. The molecular weight excluding hydrogens is 318 g/mol. The van der Waals surface area contributed by atoms with Gasteiger partial charge in [0.15, 0.2) is 5.78 Å². The lowest BCUT2D eigenvalue weighted by molar-refractivity contribution is -0.160. The molecule has 5 nitrogen and oxygen atoms in total. The van der Waals surface area contributed by atoms with Gasteiger partial charge >= 0.3 is 5.97 Å². The zero-order valence-corrected chi connectivity index (χ0v) is 15.2. The highest BCUT2D eigenvalue weighted by atomic mass is 16.5. The quantitative estimate of drug-likeness (QED) is 0.578. The largest absolute Gasteiger partial charge is 0.466 e. The molecule has 1 fully saturated rings. The van der Waals surface area contributed by atoms with Crippen LogP contribution in [0.5, 0.6) is 0 Å². The van der Waals surface area contributed by atoms with Crippen LogP contribution in [-0.2, 0) is 9.53 Å². The maximum absolute atomic E-state index is 12.1. The van der Waals surface area contributed by atoms with Crippen LogP contribution in [-0.4, -0.2) is 53.6 Å². The normalized spacial score (nSPS) is 18.5. The molecule has 1 heterocycles. The van der Waals surface area contributed by atoms with Gasteiger partial charge in [-0.1, -0.05) is 30.3 Å². The summed E-state index contributed by atoms with van der Waals surface area (Å²) in [6.45, 7) is 6.16. The number of ether oxygens (including phenoxy) is 1. The van der Waals surface area contributed by atoms with Crippen LogP contribution in [0, 0.1) is 5.92 Å². The Balaban J connectivity index is 1.73. The molecule has 0 aromatic heterocycles. The van der Waals surface area contributed by atoms with Crippen molar-refractivity contribution in [2.24, 2.45) is 5.92 Å². The number of piperidine rings is 1. The van der Waals surface area contributed by atoms with E-state index in [-0.39, 0.29) is 11.8 Å². The third kappa shape index (κ3) is 5.38. The molecule has 0 aliphatic carbocycles. The number of benzene rings is 1. The Morgan fingerprint density at radius 3 is 2.48 bits per heavy atom. The number of aliphatic hydroxyl groups is 1. The van der Waals surface area contributed by atoms with Crippen molar-refractivity contribution < 1.29 is 19.4 Å². The summed E-state index contributed by atoms with van der Waals surface area (Å²) in [5.41, 5.74) is -0.221. The van der Waals surface area contributed by atoms with Gasteiger partial charge in [0.1, 0.15) is 0 Å². The zero-order chi connectivity index (χ0) is 18.3. The predicted molar refractivity (Wildman–Crippen MR) is 96.4 cm³/mol. The highest BCUT2D eigenvalue weighted by molar-refractivity contribution is 5.95. The van der Waals surface area contributed by atoms with E-state index in [1.54, 1.807) is 13.8 Å². The second-order valence-electron chi connectivity index (χ2n) is 6.81. The third-order valence-corrected chi connectivity index (χ3v) is 5.14. The summed E-state index contributed by atoms with van der Waals surface area (Å²) in [7, 11) is 0. The molecule has 2 rings (SSSR count). The SMILES string of the molecule is CCOC(=O)C(C)C1(O)CCN(CCCC(=O)c2ccccc2)CC1. The Bertz CT molecular complexity index is 564. The molecule has 1 aliphatic rings. The standard InChI is InChI=1S/C20H29NO4/c1-3-25-19(23)16(2)20(24)11-14-21(15-12-20)13-7-10-18(22)17-8-5-4-6-9-17/h4-6,8-9,16,24H,3,7,10-15H2,1-2H3. The van der Waals surface area contributed by atoms with Crippen molar-refractivity contribution in [2.45, 2.75) is 45.1 Å². The van der Waals surface area contributed by atoms with Gasteiger partial charge in [-0.2, -0.15) is 0 Å². The van der Waals surface area contributed by atoms with Gasteiger partial charge in [0.05, 0.1) is 18.1 Å². The van der Waals surface area contributed by atoms with Crippen LogP contribution in [0.2, 0.25) is 0 Å². The lowest BCUT2D eigenvalue weighted by Crippen LogP contribution is -2.50. The number of rotatable bonds is 8. The van der Waals surface area contributed by atoms with Crippen LogP contribution in [0.4, 0.5) is 0 Å². The van der Waals surface area contributed by atoms with Crippen molar-refractivity contribution >= 4 is 11.8 Å². The highest BCUT2D eigenvalue weighted by Gasteiger charge is 2.41. The van der Waals surface area contributed by atoms with Crippen molar-refractivity contribution in [3.63, 3.8) is 0 Å². The second-order valence-corrected chi connectivity index (χ2v) is 6.81. The van der Waals surface area contributed by atoms with Gasteiger partial charge in [0, 0.05) is 25.1 Å². The number of esters is 1. The predicted octanol–water partition coefficient (Wildman–Crippen LogP) is 2.68. The van der Waals surface area contributed by atoms with Gasteiger partial charge < -0.3 is 14.7 Å². The molecule has 138 valence electrons. The summed E-state index contributed by atoms with van der Waals surface area (Å²) in [6, 6.07) is 9.36. The van der Waals surface area contributed by atoms with E-state index in [1.807, 2.05) is 30.3 Å². The minimum absolute atomic E-state index is 0.171. The lowest BCUT2D eigenvalue weighted by atomic mass is 9.80. The molecule has 1 aromatic carbocycles. The first-order chi connectivity index (χ1) is 12.0. The van der Waals surface area contributed by atoms with Crippen LogP contribution in [0.25, 0.3) is 0 Å². The summed E-state index contributed by atoms with van der Waals surface area (Å²) in [4.78, 5) is 26.2. The number of Topliss-reactive ketones (excluding diaryl/α,β-unsaturated/α-hetero) is 1. The Labute approximate surface area is 150 Å². The van der Waals surface area contributed by atoms with Crippen LogP contribution in [0.1, 0.15) is 49.9 Å². The summed E-state index contributed by atoms with van der Waals surface area (Å²) in [5, 5.41) is 10.7. The molecule has 0 bridgehead atoms. The van der Waals surface area contributed by atoms with Crippen molar-refractivity contribution in [2.75, 3.05) is 26.2 Å². The molecule has 0 saturated carbocycles. The van der Waals surface area contributed by atoms with Crippen molar-refractivity contribution in [3.05, 3.63) is 35.9 Å². The third-order valence-electron chi connectivity index (χ3n) is 5.14. The van der Waals surface area contributed by atoms with Gasteiger partial charge in [-0.3, -0.25) is 9.59 Å². The molecular formula is C20H29NO4. The number of ketones is 1. The van der Waals surface area contributed by atoms with Crippen LogP contribution in [0.3, 0.4) is 0 Å². The minimum Gasteiger partial charge on any atom is -0.466 e.